The summed E-state index contributed by atoms with van der Waals surface area (Å²) in [4.78, 5) is 12.3. The number of ether oxygens (including phenoxy) is 2. The Morgan fingerprint density at radius 2 is 1.05 bits per heavy atom. The van der Waals surface area contributed by atoms with Crippen LogP contribution in [0.2, 0.25) is 0 Å². The van der Waals surface area contributed by atoms with Crippen LogP contribution in [0.3, 0.4) is 0 Å². The van der Waals surface area contributed by atoms with E-state index in [1.807, 2.05) is 6.92 Å². The van der Waals surface area contributed by atoms with Gasteiger partial charge in [-0.15, -0.1) is 0 Å². The lowest BCUT2D eigenvalue weighted by atomic mass is 10.0. The lowest BCUT2D eigenvalue weighted by Gasteiger charge is -2.14. The molecule has 0 N–H and O–H groups in total. The first-order valence-corrected chi connectivity index (χ1v) is 15.7. The van der Waals surface area contributed by atoms with Gasteiger partial charge < -0.3 is 9.47 Å². The molecular formula is C35H54O3. The lowest BCUT2D eigenvalue weighted by Crippen LogP contribution is -2.08. The van der Waals surface area contributed by atoms with Crippen molar-refractivity contribution in [3.8, 4) is 16.9 Å². The number of carbonyl (C=O) groups is 1. The van der Waals surface area contributed by atoms with Crippen LogP contribution in [-0.2, 0) is 9.53 Å². The number of hydrogen-bond acceptors (Lipinski definition) is 3. The van der Waals surface area contributed by atoms with E-state index in [-0.39, 0.29) is 12.1 Å². The number of carbonyl (C=O) groups excluding carboxylic acids is 1. The van der Waals surface area contributed by atoms with Crippen LogP contribution in [-0.4, -0.2) is 12.6 Å². The predicted molar refractivity (Wildman–Crippen MR) is 162 cm³/mol. The van der Waals surface area contributed by atoms with Crippen LogP contribution in [0, 0.1) is 0 Å². The highest BCUT2D eigenvalue weighted by Crippen LogP contribution is 2.26. The maximum Gasteiger partial charge on any atom is 0.306 e. The number of benzene rings is 2. The Labute approximate surface area is 233 Å². The molecule has 1 unspecified atom stereocenters. The average molecular weight is 523 g/mol. The molecule has 1 atom stereocenters. The Morgan fingerprint density at radius 3 is 1.58 bits per heavy atom. The number of hydrogen-bond donors (Lipinski definition) is 0. The Balaban J connectivity index is 1.63. The monoisotopic (exact) mass is 522 g/mol. The van der Waals surface area contributed by atoms with Crippen molar-refractivity contribution in [2.75, 3.05) is 6.61 Å². The number of esters is 1. The van der Waals surface area contributed by atoms with E-state index in [0.29, 0.717) is 6.42 Å². The van der Waals surface area contributed by atoms with Gasteiger partial charge in [0.15, 0.2) is 0 Å². The van der Waals surface area contributed by atoms with Crippen LogP contribution in [0.25, 0.3) is 11.1 Å². The van der Waals surface area contributed by atoms with Crippen LogP contribution in [0.4, 0.5) is 0 Å². The summed E-state index contributed by atoms with van der Waals surface area (Å²) >= 11 is 0. The summed E-state index contributed by atoms with van der Waals surface area (Å²) in [5, 5.41) is 0. The van der Waals surface area contributed by atoms with E-state index >= 15 is 0 Å². The third-order valence-electron chi connectivity index (χ3n) is 7.38. The van der Waals surface area contributed by atoms with Crippen molar-refractivity contribution < 1.29 is 14.3 Å². The van der Waals surface area contributed by atoms with Crippen molar-refractivity contribution in [2.24, 2.45) is 0 Å². The predicted octanol–water partition coefficient (Wildman–Crippen LogP) is 11.0. The quantitative estimate of drug-likeness (QED) is 0.114. The molecule has 0 spiro atoms. The zero-order chi connectivity index (χ0) is 27.3. The summed E-state index contributed by atoms with van der Waals surface area (Å²) < 4.78 is 11.6. The smallest absolute Gasteiger partial charge is 0.306 e. The molecule has 0 aliphatic carbocycles. The highest BCUT2D eigenvalue weighted by molar-refractivity contribution is 5.70. The van der Waals surface area contributed by atoms with E-state index in [0.717, 1.165) is 48.3 Å². The molecule has 0 saturated carbocycles. The van der Waals surface area contributed by atoms with Crippen LogP contribution in [0.1, 0.15) is 142 Å². The van der Waals surface area contributed by atoms with E-state index in [2.05, 4.69) is 62.4 Å². The fourth-order valence-corrected chi connectivity index (χ4v) is 4.84. The summed E-state index contributed by atoms with van der Waals surface area (Å²) in [6.45, 7) is 7.26. The molecule has 38 heavy (non-hydrogen) atoms. The van der Waals surface area contributed by atoms with Gasteiger partial charge in [-0.1, -0.05) is 140 Å². The van der Waals surface area contributed by atoms with Gasteiger partial charge in [0.1, 0.15) is 11.9 Å². The highest BCUT2D eigenvalue weighted by Gasteiger charge is 2.12. The highest BCUT2D eigenvalue weighted by atomic mass is 16.5. The second kappa shape index (κ2) is 20.6. The lowest BCUT2D eigenvalue weighted by molar-refractivity contribution is -0.148. The molecule has 0 saturated heterocycles. The van der Waals surface area contributed by atoms with E-state index in [4.69, 9.17) is 9.47 Å². The van der Waals surface area contributed by atoms with Gasteiger partial charge in [0, 0.05) is 6.42 Å². The molecule has 0 radical (unpaired) electrons. The Bertz CT molecular complexity index is 840. The first-order chi connectivity index (χ1) is 18.6. The molecule has 0 bridgehead atoms. The van der Waals surface area contributed by atoms with Gasteiger partial charge in [0.25, 0.3) is 0 Å². The molecule has 2 aromatic carbocycles. The van der Waals surface area contributed by atoms with E-state index in [1.165, 1.54) is 83.5 Å². The van der Waals surface area contributed by atoms with Crippen molar-refractivity contribution in [1.29, 1.82) is 0 Å². The molecule has 2 rings (SSSR count). The molecule has 0 aliphatic rings. The summed E-state index contributed by atoms with van der Waals surface area (Å²) in [7, 11) is 0. The maximum atomic E-state index is 12.3. The average Bonchev–Trinajstić information content (AvgIpc) is 2.94. The van der Waals surface area contributed by atoms with Gasteiger partial charge in [-0.2, -0.15) is 0 Å². The molecule has 2 aromatic rings. The third kappa shape index (κ3) is 14.0. The third-order valence-corrected chi connectivity index (χ3v) is 7.38. The van der Waals surface area contributed by atoms with Gasteiger partial charge in [-0.05, 0) is 48.6 Å². The van der Waals surface area contributed by atoms with Crippen LogP contribution in [0.15, 0.2) is 48.5 Å². The molecule has 0 aliphatic heterocycles. The first kappa shape index (κ1) is 31.9. The topological polar surface area (TPSA) is 35.5 Å². The first-order valence-electron chi connectivity index (χ1n) is 15.7. The molecule has 3 nitrogen and oxygen atoms in total. The van der Waals surface area contributed by atoms with E-state index in [1.54, 1.807) is 0 Å². The number of rotatable bonds is 22. The largest absolute Gasteiger partial charge is 0.494 e. The van der Waals surface area contributed by atoms with Gasteiger partial charge >= 0.3 is 5.97 Å². The van der Waals surface area contributed by atoms with Gasteiger partial charge in [0.05, 0.1) is 6.61 Å². The second-order valence-corrected chi connectivity index (χ2v) is 10.8. The van der Waals surface area contributed by atoms with Gasteiger partial charge in [0.2, 0.25) is 0 Å². The minimum Gasteiger partial charge on any atom is -0.494 e. The normalized spacial score (nSPS) is 11.9. The summed E-state index contributed by atoms with van der Waals surface area (Å²) in [6.07, 6.45) is 20.6. The minimum atomic E-state index is -0.225. The van der Waals surface area contributed by atoms with Crippen molar-refractivity contribution in [3.05, 3.63) is 54.1 Å². The fraction of sp³-hybridized carbons (Fsp3) is 0.629. The van der Waals surface area contributed by atoms with Crippen LogP contribution in [0.5, 0.6) is 5.75 Å². The summed E-state index contributed by atoms with van der Waals surface area (Å²) in [5.41, 5.74) is 3.35. The Kier molecular flexibility index (Phi) is 17.3. The fourth-order valence-electron chi connectivity index (χ4n) is 4.84. The van der Waals surface area contributed by atoms with Crippen LogP contribution < -0.4 is 4.74 Å². The molecule has 212 valence electrons. The standard InChI is InChI=1S/C35H54O3/c1-4-6-8-10-12-13-14-16-18-20-35(36)38-30(3)31-21-23-32(24-22-31)33-25-27-34(28-26-33)37-29-19-17-15-11-9-7-5-2/h21-28,30H,4-20,29H2,1-3H3. The van der Waals surface area contributed by atoms with Gasteiger partial charge in [-0.25, -0.2) is 0 Å². The summed E-state index contributed by atoms with van der Waals surface area (Å²) in [6, 6.07) is 16.7. The van der Waals surface area contributed by atoms with Crippen LogP contribution >= 0.6 is 0 Å². The number of unbranched alkanes of at least 4 members (excludes halogenated alkanes) is 14. The Hall–Kier alpha value is -2.29. The molecule has 0 fully saturated rings. The van der Waals surface area contributed by atoms with Crippen molar-refractivity contribution in [2.45, 2.75) is 136 Å². The zero-order valence-electron chi connectivity index (χ0n) is 24.6. The van der Waals surface area contributed by atoms with Gasteiger partial charge in [-0.3, -0.25) is 4.79 Å². The zero-order valence-corrected chi connectivity index (χ0v) is 24.6. The van der Waals surface area contributed by atoms with E-state index < -0.39 is 0 Å². The molecule has 0 heterocycles. The van der Waals surface area contributed by atoms with E-state index in [9.17, 15) is 4.79 Å². The van der Waals surface area contributed by atoms with Crippen molar-refractivity contribution in [1.82, 2.24) is 0 Å². The molecule has 0 amide bonds. The van der Waals surface area contributed by atoms with Crippen molar-refractivity contribution >= 4 is 5.97 Å². The molecule has 0 aromatic heterocycles. The molecular weight excluding hydrogens is 468 g/mol. The SMILES string of the molecule is CCCCCCCCCCCC(=O)OC(C)c1ccc(-c2ccc(OCCCCCCCCC)cc2)cc1. The second-order valence-electron chi connectivity index (χ2n) is 10.8. The maximum absolute atomic E-state index is 12.3. The minimum absolute atomic E-state index is 0.0865. The summed E-state index contributed by atoms with van der Waals surface area (Å²) in [5.74, 6) is 0.848. The van der Waals surface area contributed by atoms with Crippen molar-refractivity contribution in [3.63, 3.8) is 0 Å². The Morgan fingerprint density at radius 1 is 0.605 bits per heavy atom. The molecule has 3 heteroatoms.